The molecular weight excluding hydrogens is 365 g/mol. The lowest BCUT2D eigenvalue weighted by Gasteiger charge is -2.28. The summed E-state index contributed by atoms with van der Waals surface area (Å²) in [4.78, 5) is 1.30. The number of hydrogen-bond acceptors (Lipinski definition) is 1. The fourth-order valence-electron chi connectivity index (χ4n) is 1.44. The van der Waals surface area contributed by atoms with E-state index in [0.29, 0.717) is 5.02 Å². The van der Waals surface area contributed by atoms with Crippen molar-refractivity contribution >= 4 is 34.2 Å². The van der Waals surface area contributed by atoms with Gasteiger partial charge in [-0.15, -0.1) is 0 Å². The third kappa shape index (κ3) is 4.63. The van der Waals surface area contributed by atoms with Gasteiger partial charge in [0.2, 0.25) is 0 Å². The van der Waals surface area contributed by atoms with Crippen molar-refractivity contribution in [3.05, 3.63) is 34.9 Å². The van der Waals surface area contributed by atoms with Gasteiger partial charge in [-0.1, -0.05) is 46.3 Å². The molecule has 1 aromatic carbocycles. The Morgan fingerprint density at radius 3 is 2.24 bits per heavy atom. The molecule has 1 aromatic rings. The van der Waals surface area contributed by atoms with Crippen LogP contribution < -0.4 is 0 Å². The predicted octanol–water partition coefficient (Wildman–Crippen LogP) is 4.14. The van der Waals surface area contributed by atoms with E-state index < -0.39 is 12.2 Å². The number of benzene rings is 1. The molecule has 0 saturated carbocycles. The molecule has 1 nitrogen and oxygen atoms in total. The molecule has 0 fully saturated rings. The Kier molecular flexibility index (Phi) is 5.53. The van der Waals surface area contributed by atoms with E-state index >= 15 is 0 Å². The van der Waals surface area contributed by atoms with E-state index in [1.807, 2.05) is 0 Å². The smallest absolute Gasteiger partial charge is 0.290 e. The lowest BCUT2D eigenvalue weighted by Crippen LogP contribution is -2.44. The zero-order valence-corrected chi connectivity index (χ0v) is 12.1. The van der Waals surface area contributed by atoms with Crippen molar-refractivity contribution in [1.29, 1.82) is 0 Å². The second-order valence-corrected chi connectivity index (χ2v) is 5.07. The Bertz CT molecular complexity index is 353. The number of hydrogen-bond donors (Lipinski definition) is 0. The fraction of sp³-hybridized carbons (Fsp3) is 0.455. The molecule has 0 spiro atoms. The Morgan fingerprint density at radius 1 is 1.29 bits per heavy atom. The summed E-state index contributed by atoms with van der Waals surface area (Å²) >= 11 is 7.47. The molecule has 0 heterocycles. The standard InChI is InChI=1S/C11H12ClF3IN/c1-17(10(6-16)11(13,14)15)7-8-2-4-9(12)5-3-8/h2-5,10H,6-7H2,1H3. The van der Waals surface area contributed by atoms with Gasteiger partial charge in [0.15, 0.2) is 0 Å². The topological polar surface area (TPSA) is 3.24 Å². The molecule has 1 atom stereocenters. The third-order valence-corrected chi connectivity index (χ3v) is 3.49. The number of halogens is 5. The minimum absolute atomic E-state index is 0.0192. The number of nitrogens with zero attached hydrogens (tertiary/aromatic N) is 1. The van der Waals surface area contributed by atoms with Gasteiger partial charge in [-0.3, -0.25) is 4.90 Å². The van der Waals surface area contributed by atoms with Gasteiger partial charge >= 0.3 is 6.18 Å². The maximum atomic E-state index is 12.7. The Hall–Kier alpha value is -0.0100. The van der Waals surface area contributed by atoms with Gasteiger partial charge < -0.3 is 0 Å². The highest BCUT2D eigenvalue weighted by atomic mass is 127. The maximum Gasteiger partial charge on any atom is 0.404 e. The summed E-state index contributed by atoms with van der Waals surface area (Å²) in [6.07, 6.45) is -4.19. The predicted molar refractivity (Wildman–Crippen MR) is 71.6 cm³/mol. The molecule has 0 aliphatic heterocycles. The molecule has 0 aliphatic carbocycles. The van der Waals surface area contributed by atoms with Crippen molar-refractivity contribution in [2.45, 2.75) is 18.8 Å². The summed E-state index contributed by atoms with van der Waals surface area (Å²) in [7, 11) is 1.48. The first kappa shape index (κ1) is 15.0. The van der Waals surface area contributed by atoms with Gasteiger partial charge in [0.25, 0.3) is 0 Å². The first-order valence-corrected chi connectivity index (χ1v) is 6.82. The second kappa shape index (κ2) is 6.24. The summed E-state index contributed by atoms with van der Waals surface area (Å²) in [6, 6.07) is 5.41. The highest BCUT2D eigenvalue weighted by Gasteiger charge is 2.41. The van der Waals surface area contributed by atoms with Crippen molar-refractivity contribution in [3.8, 4) is 0 Å². The minimum Gasteiger partial charge on any atom is -0.290 e. The first-order valence-electron chi connectivity index (χ1n) is 4.92. The van der Waals surface area contributed by atoms with Gasteiger partial charge in [-0.25, -0.2) is 0 Å². The van der Waals surface area contributed by atoms with E-state index in [0.717, 1.165) is 5.56 Å². The molecule has 0 amide bonds. The van der Waals surface area contributed by atoms with Gasteiger partial charge in [-0.2, -0.15) is 13.2 Å². The van der Waals surface area contributed by atoms with Crippen LogP contribution in [-0.4, -0.2) is 28.6 Å². The third-order valence-electron chi connectivity index (χ3n) is 2.40. The van der Waals surface area contributed by atoms with E-state index in [1.165, 1.54) is 11.9 Å². The van der Waals surface area contributed by atoms with Crippen molar-refractivity contribution in [2.24, 2.45) is 0 Å². The van der Waals surface area contributed by atoms with Gasteiger partial charge in [0.05, 0.1) is 0 Å². The molecule has 1 rings (SSSR count). The van der Waals surface area contributed by atoms with Crippen LogP contribution in [0.25, 0.3) is 0 Å². The van der Waals surface area contributed by atoms with E-state index in [2.05, 4.69) is 0 Å². The zero-order chi connectivity index (χ0) is 13.1. The first-order chi connectivity index (χ1) is 7.84. The molecule has 0 N–H and O–H groups in total. The summed E-state index contributed by atoms with van der Waals surface area (Å²) in [6.45, 7) is 0.254. The van der Waals surface area contributed by atoms with Crippen LogP contribution in [0, 0.1) is 0 Å². The van der Waals surface area contributed by atoms with Crippen LogP contribution in [0.1, 0.15) is 5.56 Å². The Balaban J connectivity index is 2.70. The molecule has 0 saturated heterocycles. The summed E-state index contributed by atoms with van der Waals surface area (Å²) in [5.41, 5.74) is 0.816. The minimum atomic E-state index is -4.19. The van der Waals surface area contributed by atoms with E-state index in [9.17, 15) is 13.2 Å². The summed E-state index contributed by atoms with van der Waals surface area (Å²) in [5.74, 6) is 0. The van der Waals surface area contributed by atoms with Crippen LogP contribution >= 0.6 is 34.2 Å². The average Bonchev–Trinajstić information content (AvgIpc) is 2.20. The van der Waals surface area contributed by atoms with Gasteiger partial charge in [-0.05, 0) is 24.7 Å². The van der Waals surface area contributed by atoms with Crippen molar-refractivity contribution in [1.82, 2.24) is 4.90 Å². The monoisotopic (exact) mass is 377 g/mol. The lowest BCUT2D eigenvalue weighted by atomic mass is 10.2. The summed E-state index contributed by atoms with van der Waals surface area (Å²) < 4.78 is 38.0. The number of alkyl halides is 4. The van der Waals surface area contributed by atoms with Crippen LogP contribution in [0.3, 0.4) is 0 Å². The highest BCUT2D eigenvalue weighted by molar-refractivity contribution is 14.1. The van der Waals surface area contributed by atoms with Crippen molar-refractivity contribution in [3.63, 3.8) is 0 Å². The molecular formula is C11H12ClF3IN. The fourth-order valence-corrected chi connectivity index (χ4v) is 2.74. The SMILES string of the molecule is CN(Cc1ccc(Cl)cc1)C(CI)C(F)(F)F. The molecule has 0 aromatic heterocycles. The second-order valence-electron chi connectivity index (χ2n) is 3.75. The van der Waals surface area contributed by atoms with Crippen LogP contribution in [0.5, 0.6) is 0 Å². The molecule has 6 heteroatoms. The normalized spacial score (nSPS) is 14.1. The van der Waals surface area contributed by atoms with E-state index in [-0.39, 0.29) is 11.0 Å². The van der Waals surface area contributed by atoms with E-state index in [1.54, 1.807) is 46.9 Å². The number of rotatable bonds is 4. The van der Waals surface area contributed by atoms with Crippen molar-refractivity contribution in [2.75, 3.05) is 11.5 Å². The van der Waals surface area contributed by atoms with E-state index in [4.69, 9.17) is 11.6 Å². The summed E-state index contributed by atoms with van der Waals surface area (Å²) in [5, 5.41) is 0.581. The average molecular weight is 378 g/mol. The Morgan fingerprint density at radius 2 is 1.82 bits per heavy atom. The maximum absolute atomic E-state index is 12.7. The van der Waals surface area contributed by atoms with Crippen LogP contribution in [0.4, 0.5) is 13.2 Å². The zero-order valence-electron chi connectivity index (χ0n) is 9.14. The molecule has 0 aliphatic rings. The Labute approximate surface area is 117 Å². The van der Waals surface area contributed by atoms with Crippen LogP contribution in [0.15, 0.2) is 24.3 Å². The molecule has 0 radical (unpaired) electrons. The van der Waals surface area contributed by atoms with Crippen molar-refractivity contribution < 1.29 is 13.2 Å². The van der Waals surface area contributed by atoms with Crippen LogP contribution in [0.2, 0.25) is 5.02 Å². The molecule has 1 unspecified atom stereocenters. The largest absolute Gasteiger partial charge is 0.404 e. The van der Waals surface area contributed by atoms with Gasteiger partial charge in [0, 0.05) is 16.0 Å². The van der Waals surface area contributed by atoms with Crippen LogP contribution in [-0.2, 0) is 6.54 Å². The molecule has 0 bridgehead atoms. The quantitative estimate of drug-likeness (QED) is 0.563. The lowest BCUT2D eigenvalue weighted by molar-refractivity contribution is -0.174. The van der Waals surface area contributed by atoms with Gasteiger partial charge in [0.1, 0.15) is 6.04 Å². The molecule has 17 heavy (non-hydrogen) atoms. The molecule has 96 valence electrons. The highest BCUT2D eigenvalue weighted by Crippen LogP contribution is 2.26.